The summed E-state index contributed by atoms with van der Waals surface area (Å²) in [6.45, 7) is 2.06. The van der Waals surface area contributed by atoms with Crippen LogP contribution in [0.2, 0.25) is 0 Å². The topological polar surface area (TPSA) is 47.6 Å². The van der Waals surface area contributed by atoms with E-state index >= 15 is 0 Å². The highest BCUT2D eigenvalue weighted by Crippen LogP contribution is 2.29. The van der Waals surface area contributed by atoms with Gasteiger partial charge in [0.15, 0.2) is 0 Å². The molecule has 0 atom stereocenters. The van der Waals surface area contributed by atoms with Crippen LogP contribution in [0.5, 0.6) is 11.5 Å². The van der Waals surface area contributed by atoms with Gasteiger partial charge in [-0.1, -0.05) is 17.7 Å². The Morgan fingerprint density at radius 3 is 2.48 bits per heavy atom. The van der Waals surface area contributed by atoms with Crippen molar-refractivity contribution >= 4 is 23.4 Å². The number of rotatable bonds is 7. The fourth-order valence-electron chi connectivity index (χ4n) is 2.02. The molecule has 4 nitrogen and oxygen atoms in total. The lowest BCUT2D eigenvalue weighted by molar-refractivity contribution is -0.115. The van der Waals surface area contributed by atoms with Crippen LogP contribution in [0.4, 0.5) is 5.69 Å². The third-order valence-electron chi connectivity index (χ3n) is 3.30. The van der Waals surface area contributed by atoms with Crippen molar-refractivity contribution in [3.05, 3.63) is 48.0 Å². The van der Waals surface area contributed by atoms with Crippen molar-refractivity contribution < 1.29 is 14.3 Å². The molecule has 0 radical (unpaired) electrons. The number of carbonyl (C=O) groups is 1. The molecule has 0 spiro atoms. The van der Waals surface area contributed by atoms with Gasteiger partial charge < -0.3 is 14.8 Å². The normalized spacial score (nSPS) is 10.2. The number of benzene rings is 2. The smallest absolute Gasteiger partial charge is 0.225 e. The van der Waals surface area contributed by atoms with E-state index in [-0.39, 0.29) is 5.91 Å². The van der Waals surface area contributed by atoms with Crippen molar-refractivity contribution in [1.29, 1.82) is 0 Å². The first-order valence-corrected chi connectivity index (χ1v) is 8.32. The van der Waals surface area contributed by atoms with E-state index in [2.05, 4.69) is 36.5 Å². The third-order valence-corrected chi connectivity index (χ3v) is 4.31. The Kier molecular flexibility index (Phi) is 6.35. The van der Waals surface area contributed by atoms with Crippen LogP contribution < -0.4 is 14.8 Å². The molecule has 1 N–H and O–H groups in total. The Hall–Kier alpha value is -2.14. The second kappa shape index (κ2) is 8.48. The van der Waals surface area contributed by atoms with E-state index < -0.39 is 0 Å². The van der Waals surface area contributed by atoms with Crippen molar-refractivity contribution in [3.63, 3.8) is 0 Å². The molecule has 2 rings (SSSR count). The molecule has 2 aromatic carbocycles. The van der Waals surface area contributed by atoms with Gasteiger partial charge in [0, 0.05) is 23.1 Å². The Morgan fingerprint density at radius 2 is 1.83 bits per heavy atom. The van der Waals surface area contributed by atoms with Crippen molar-refractivity contribution in [3.8, 4) is 11.5 Å². The lowest BCUT2D eigenvalue weighted by Gasteiger charge is -2.11. The molecule has 23 heavy (non-hydrogen) atoms. The number of hydrogen-bond donors (Lipinski definition) is 1. The lowest BCUT2D eigenvalue weighted by Crippen LogP contribution is -2.13. The molecule has 0 heterocycles. The number of methoxy groups -OCH3 is 2. The molecule has 0 fully saturated rings. The van der Waals surface area contributed by atoms with Gasteiger partial charge in [0.25, 0.3) is 0 Å². The van der Waals surface area contributed by atoms with E-state index in [0.29, 0.717) is 23.6 Å². The first-order chi connectivity index (χ1) is 11.1. The van der Waals surface area contributed by atoms with Crippen LogP contribution >= 0.6 is 11.8 Å². The molecule has 0 aliphatic heterocycles. The molecular formula is C18H21NO3S. The zero-order chi connectivity index (χ0) is 16.7. The number of aryl methyl sites for hydroxylation is 1. The first-order valence-electron chi connectivity index (χ1n) is 7.33. The Morgan fingerprint density at radius 1 is 1.09 bits per heavy atom. The van der Waals surface area contributed by atoms with E-state index in [0.717, 1.165) is 5.75 Å². The Balaban J connectivity index is 1.88. The summed E-state index contributed by atoms with van der Waals surface area (Å²) >= 11 is 1.67. The predicted octanol–water partition coefficient (Wildman–Crippen LogP) is 4.13. The van der Waals surface area contributed by atoms with Gasteiger partial charge in [-0.3, -0.25) is 4.79 Å². The maximum absolute atomic E-state index is 12.1. The predicted molar refractivity (Wildman–Crippen MR) is 94.7 cm³/mol. The Bertz CT molecular complexity index is 656. The van der Waals surface area contributed by atoms with E-state index in [1.54, 1.807) is 44.2 Å². The molecule has 0 aliphatic rings. The number of thioether (sulfide) groups is 1. The molecule has 0 aliphatic carbocycles. The van der Waals surface area contributed by atoms with Crippen LogP contribution in [-0.2, 0) is 4.79 Å². The van der Waals surface area contributed by atoms with Crippen LogP contribution in [-0.4, -0.2) is 25.9 Å². The average molecular weight is 331 g/mol. The van der Waals surface area contributed by atoms with Crippen molar-refractivity contribution in [2.45, 2.75) is 18.2 Å². The van der Waals surface area contributed by atoms with E-state index in [9.17, 15) is 4.79 Å². The van der Waals surface area contributed by atoms with E-state index in [1.165, 1.54) is 10.5 Å². The largest absolute Gasteiger partial charge is 0.497 e. The number of carbonyl (C=O) groups excluding carboxylic acids is 1. The molecule has 1 amide bonds. The highest BCUT2D eigenvalue weighted by Gasteiger charge is 2.09. The fraction of sp³-hybridized carbons (Fsp3) is 0.278. The van der Waals surface area contributed by atoms with Gasteiger partial charge in [0.05, 0.1) is 19.9 Å². The van der Waals surface area contributed by atoms with Gasteiger partial charge in [0.1, 0.15) is 11.5 Å². The summed E-state index contributed by atoms with van der Waals surface area (Å²) < 4.78 is 10.4. The quantitative estimate of drug-likeness (QED) is 0.775. The Labute approximate surface area is 141 Å². The molecular weight excluding hydrogens is 310 g/mol. The standard InChI is InChI=1S/C18H21NO3S/c1-13-4-7-15(8-5-13)23-11-10-18(20)19-16-12-14(21-2)6-9-17(16)22-3/h4-9,12H,10-11H2,1-3H3,(H,19,20). The van der Waals surface area contributed by atoms with Crippen LogP contribution in [0.3, 0.4) is 0 Å². The highest BCUT2D eigenvalue weighted by atomic mass is 32.2. The summed E-state index contributed by atoms with van der Waals surface area (Å²) in [6.07, 6.45) is 0.429. The van der Waals surface area contributed by atoms with E-state index in [4.69, 9.17) is 9.47 Å². The number of hydrogen-bond acceptors (Lipinski definition) is 4. The second-order valence-electron chi connectivity index (χ2n) is 5.03. The van der Waals surface area contributed by atoms with Gasteiger partial charge in [0.2, 0.25) is 5.91 Å². The molecule has 0 saturated heterocycles. The fourth-order valence-corrected chi connectivity index (χ4v) is 2.87. The van der Waals surface area contributed by atoms with Gasteiger partial charge in [-0.2, -0.15) is 0 Å². The molecule has 2 aromatic rings. The maximum Gasteiger partial charge on any atom is 0.225 e. The molecule has 0 aromatic heterocycles. The highest BCUT2D eigenvalue weighted by molar-refractivity contribution is 7.99. The molecule has 5 heteroatoms. The van der Waals surface area contributed by atoms with Crippen LogP contribution in [0.1, 0.15) is 12.0 Å². The van der Waals surface area contributed by atoms with Crippen molar-refractivity contribution in [1.82, 2.24) is 0 Å². The van der Waals surface area contributed by atoms with E-state index in [1.807, 2.05) is 0 Å². The van der Waals surface area contributed by atoms with Crippen molar-refractivity contribution in [2.75, 3.05) is 25.3 Å². The van der Waals surface area contributed by atoms with Gasteiger partial charge in [-0.05, 0) is 31.2 Å². The van der Waals surface area contributed by atoms with Crippen LogP contribution in [0, 0.1) is 6.92 Å². The number of amides is 1. The minimum Gasteiger partial charge on any atom is -0.497 e. The first kappa shape index (κ1) is 17.2. The lowest BCUT2D eigenvalue weighted by atomic mass is 10.2. The van der Waals surface area contributed by atoms with Gasteiger partial charge >= 0.3 is 0 Å². The minimum absolute atomic E-state index is 0.0452. The monoisotopic (exact) mass is 331 g/mol. The average Bonchev–Trinajstić information content (AvgIpc) is 2.56. The summed E-state index contributed by atoms with van der Waals surface area (Å²) in [5, 5.41) is 2.87. The van der Waals surface area contributed by atoms with Gasteiger partial charge in [-0.15, -0.1) is 11.8 Å². The molecule has 0 unspecified atom stereocenters. The van der Waals surface area contributed by atoms with Crippen LogP contribution in [0.15, 0.2) is 47.4 Å². The zero-order valence-electron chi connectivity index (χ0n) is 13.6. The summed E-state index contributed by atoms with van der Waals surface area (Å²) in [5.74, 6) is 1.97. The second-order valence-corrected chi connectivity index (χ2v) is 6.19. The maximum atomic E-state index is 12.1. The van der Waals surface area contributed by atoms with Crippen molar-refractivity contribution in [2.24, 2.45) is 0 Å². The molecule has 0 saturated carbocycles. The van der Waals surface area contributed by atoms with Gasteiger partial charge in [-0.25, -0.2) is 0 Å². The summed E-state index contributed by atoms with van der Waals surface area (Å²) in [6, 6.07) is 13.6. The number of ether oxygens (including phenoxy) is 2. The summed E-state index contributed by atoms with van der Waals surface area (Å²) in [5.41, 5.74) is 1.86. The molecule has 122 valence electrons. The number of anilines is 1. The summed E-state index contributed by atoms with van der Waals surface area (Å²) in [4.78, 5) is 13.3. The minimum atomic E-state index is -0.0452. The molecule has 0 bridgehead atoms. The zero-order valence-corrected chi connectivity index (χ0v) is 14.4. The SMILES string of the molecule is COc1ccc(OC)c(NC(=O)CCSc2ccc(C)cc2)c1. The number of nitrogens with one attached hydrogen (secondary N) is 1. The summed E-state index contributed by atoms with van der Waals surface area (Å²) in [7, 11) is 3.16. The third kappa shape index (κ3) is 5.21. The van der Waals surface area contributed by atoms with Crippen LogP contribution in [0.25, 0.3) is 0 Å².